The van der Waals surface area contributed by atoms with Crippen LogP contribution in [-0.4, -0.2) is 5.54 Å². The number of benzene rings is 2. The molecule has 2 heteroatoms. The third-order valence-corrected chi connectivity index (χ3v) is 2.59. The molecule has 100 valence electrons. The molecule has 0 aliphatic carbocycles. The molecule has 0 aliphatic rings. The van der Waals surface area contributed by atoms with Crippen LogP contribution in [0, 0.1) is 6.92 Å². The molecule has 2 nitrogen and oxygen atoms in total. The van der Waals surface area contributed by atoms with E-state index in [9.17, 15) is 0 Å². The first kappa shape index (κ1) is 7.59. The highest BCUT2D eigenvalue weighted by molar-refractivity contribution is 5.59. The second-order valence-electron chi connectivity index (χ2n) is 4.61. The summed E-state index contributed by atoms with van der Waals surface area (Å²) in [7, 11) is 0. The van der Waals surface area contributed by atoms with Gasteiger partial charge in [0.1, 0.15) is 5.75 Å². The van der Waals surface area contributed by atoms with Gasteiger partial charge in [0.25, 0.3) is 0 Å². The fraction of sp³-hybridized carbons (Fsp3) is 0.294. The predicted octanol–water partition coefficient (Wildman–Crippen LogP) is 5.00. The van der Waals surface area contributed by atoms with Gasteiger partial charge in [-0.15, -0.1) is 0 Å². The fourth-order valence-electron chi connectivity index (χ4n) is 1.72. The average Bonchev–Trinajstić information content (AvgIpc) is 2.49. The van der Waals surface area contributed by atoms with Gasteiger partial charge < -0.3 is 10.1 Å². The molecule has 0 aromatic heterocycles. The molecule has 1 N–H and O–H groups in total. The Bertz CT molecular complexity index is 724. The van der Waals surface area contributed by atoms with E-state index in [4.69, 9.17) is 13.0 Å². The van der Waals surface area contributed by atoms with Crippen molar-refractivity contribution in [3.05, 3.63) is 54.1 Å². The van der Waals surface area contributed by atoms with E-state index >= 15 is 0 Å². The number of hydrogen-bond donors (Lipinski definition) is 1. The molecule has 0 aliphatic heterocycles. The van der Waals surface area contributed by atoms with Crippen LogP contribution >= 0.6 is 0 Å². The average molecular weight is 261 g/mol. The van der Waals surface area contributed by atoms with Crippen molar-refractivity contribution in [2.45, 2.75) is 33.1 Å². The number of aryl methyl sites for hydroxylation is 1. The van der Waals surface area contributed by atoms with Gasteiger partial charge in [-0.05, 0) is 51.3 Å². The molecule has 0 amide bonds. The Morgan fingerprint density at radius 1 is 1.00 bits per heavy atom. The molecular weight excluding hydrogens is 234 g/mol. The quantitative estimate of drug-likeness (QED) is 0.839. The lowest BCUT2D eigenvalue weighted by atomic mass is 10.1. The zero-order valence-corrected chi connectivity index (χ0v) is 11.0. The SMILES string of the molecule is [2H]C([2H])([2H])C(C)(Nc1ccccc1Oc1ccccc1C)C([2H])([2H])[2H]. The lowest BCUT2D eigenvalue weighted by Gasteiger charge is -2.24. The van der Waals surface area contributed by atoms with Crippen molar-refractivity contribution in [3.63, 3.8) is 0 Å². The van der Waals surface area contributed by atoms with Crippen molar-refractivity contribution in [2.75, 3.05) is 5.32 Å². The summed E-state index contributed by atoms with van der Waals surface area (Å²) in [5.74, 6) is 0.970. The largest absolute Gasteiger partial charge is 0.455 e. The van der Waals surface area contributed by atoms with Gasteiger partial charge >= 0.3 is 0 Å². The summed E-state index contributed by atoms with van der Waals surface area (Å²) in [6.45, 7) is -2.42. The first-order chi connectivity index (χ1) is 11.5. The molecule has 2 aromatic carbocycles. The van der Waals surface area contributed by atoms with Crippen LogP contribution in [0.5, 0.6) is 11.5 Å². The van der Waals surface area contributed by atoms with Crippen LogP contribution in [0.4, 0.5) is 5.69 Å². The van der Waals surface area contributed by atoms with Crippen LogP contribution in [-0.2, 0) is 0 Å². The zero-order chi connectivity index (χ0) is 18.9. The Morgan fingerprint density at radius 2 is 1.63 bits per heavy atom. The fourth-order valence-corrected chi connectivity index (χ4v) is 1.72. The Morgan fingerprint density at radius 3 is 2.32 bits per heavy atom. The summed E-state index contributed by atoms with van der Waals surface area (Å²) < 4.78 is 52.0. The van der Waals surface area contributed by atoms with E-state index in [0.29, 0.717) is 17.2 Å². The predicted molar refractivity (Wildman–Crippen MR) is 81.1 cm³/mol. The zero-order valence-electron chi connectivity index (χ0n) is 17.0. The Kier molecular flexibility index (Phi) is 2.14. The molecular formula is C17H21NO. The van der Waals surface area contributed by atoms with Gasteiger partial charge in [0.2, 0.25) is 0 Å². The lowest BCUT2D eigenvalue weighted by molar-refractivity contribution is 0.478. The number of nitrogens with one attached hydrogen (secondary N) is 1. The first-order valence-corrected chi connectivity index (χ1v) is 6.06. The first-order valence-electron chi connectivity index (χ1n) is 9.06. The minimum absolute atomic E-state index is 0.306. The van der Waals surface area contributed by atoms with E-state index in [2.05, 4.69) is 5.32 Å². The number of para-hydroxylation sites is 3. The molecule has 19 heavy (non-hydrogen) atoms. The van der Waals surface area contributed by atoms with Crippen LogP contribution in [0.25, 0.3) is 0 Å². The van der Waals surface area contributed by atoms with Gasteiger partial charge in [0, 0.05) is 13.8 Å². The van der Waals surface area contributed by atoms with Crippen molar-refractivity contribution in [2.24, 2.45) is 0 Å². The van der Waals surface area contributed by atoms with Crippen LogP contribution in [0.15, 0.2) is 48.5 Å². The maximum absolute atomic E-state index is 7.69. The summed E-state index contributed by atoms with van der Waals surface area (Å²) in [6.07, 6.45) is 0. The minimum Gasteiger partial charge on any atom is -0.455 e. The van der Waals surface area contributed by atoms with E-state index < -0.39 is 19.2 Å². The van der Waals surface area contributed by atoms with E-state index in [1.165, 1.54) is 6.92 Å². The van der Waals surface area contributed by atoms with Crippen LogP contribution in [0.2, 0.25) is 0 Å². The monoisotopic (exact) mass is 261 g/mol. The molecule has 0 unspecified atom stereocenters. The summed E-state index contributed by atoms with van der Waals surface area (Å²) in [6, 6.07) is 14.1. The molecule has 2 aromatic rings. The van der Waals surface area contributed by atoms with E-state index in [1.807, 2.05) is 25.1 Å². The second-order valence-corrected chi connectivity index (χ2v) is 4.61. The smallest absolute Gasteiger partial charge is 0.150 e. The molecule has 0 bridgehead atoms. The Labute approximate surface area is 123 Å². The molecule has 0 saturated carbocycles. The lowest BCUT2D eigenvalue weighted by Crippen LogP contribution is -2.26. The van der Waals surface area contributed by atoms with Crippen LogP contribution < -0.4 is 10.1 Å². The van der Waals surface area contributed by atoms with Crippen molar-refractivity contribution in [3.8, 4) is 11.5 Å². The highest BCUT2D eigenvalue weighted by atomic mass is 16.5. The molecule has 0 fully saturated rings. The summed E-state index contributed by atoms with van der Waals surface area (Å²) in [5, 5.41) is 2.69. The molecule has 2 rings (SSSR count). The maximum Gasteiger partial charge on any atom is 0.150 e. The number of ether oxygens (including phenoxy) is 1. The van der Waals surface area contributed by atoms with Gasteiger partial charge in [-0.25, -0.2) is 0 Å². The van der Waals surface area contributed by atoms with Crippen LogP contribution in [0.3, 0.4) is 0 Å². The molecule has 0 radical (unpaired) electrons. The molecule has 0 atom stereocenters. The van der Waals surface area contributed by atoms with E-state index in [-0.39, 0.29) is 0 Å². The summed E-state index contributed by atoms with van der Waals surface area (Å²) in [5.41, 5.74) is -0.905. The highest BCUT2D eigenvalue weighted by Crippen LogP contribution is 2.32. The highest BCUT2D eigenvalue weighted by Gasteiger charge is 2.13. The summed E-state index contributed by atoms with van der Waals surface area (Å²) >= 11 is 0. The standard InChI is InChI=1S/C17H21NO/c1-13-9-5-7-11-15(13)19-16-12-8-6-10-14(16)18-17(2,3)4/h5-12,18H,1-4H3/i2D3,3D3. The Balaban J connectivity index is 2.42. The van der Waals surface area contributed by atoms with Crippen LogP contribution in [0.1, 0.15) is 34.4 Å². The normalized spacial score (nSPS) is 17.2. The van der Waals surface area contributed by atoms with Gasteiger partial charge in [0.05, 0.1) is 5.69 Å². The van der Waals surface area contributed by atoms with Crippen molar-refractivity contribution < 1.29 is 13.0 Å². The van der Waals surface area contributed by atoms with E-state index in [1.54, 1.807) is 30.3 Å². The number of rotatable bonds is 3. The number of hydrogen-bond acceptors (Lipinski definition) is 2. The summed E-state index contributed by atoms with van der Waals surface area (Å²) in [4.78, 5) is 0. The molecule has 0 saturated heterocycles. The third kappa shape index (κ3) is 3.75. The van der Waals surface area contributed by atoms with Crippen molar-refractivity contribution in [1.29, 1.82) is 0 Å². The minimum atomic E-state index is -2.74. The topological polar surface area (TPSA) is 21.3 Å². The molecule has 0 heterocycles. The van der Waals surface area contributed by atoms with Crippen molar-refractivity contribution in [1.82, 2.24) is 0 Å². The maximum atomic E-state index is 7.69. The van der Waals surface area contributed by atoms with Crippen molar-refractivity contribution >= 4 is 5.69 Å². The van der Waals surface area contributed by atoms with Gasteiger partial charge in [-0.3, -0.25) is 0 Å². The molecule has 0 spiro atoms. The van der Waals surface area contributed by atoms with Gasteiger partial charge in [-0.2, -0.15) is 0 Å². The number of anilines is 1. The van der Waals surface area contributed by atoms with E-state index in [0.717, 1.165) is 5.56 Å². The third-order valence-electron chi connectivity index (χ3n) is 2.59. The van der Waals surface area contributed by atoms with Gasteiger partial charge in [-0.1, -0.05) is 30.3 Å². The second kappa shape index (κ2) is 5.35. The van der Waals surface area contributed by atoms with Gasteiger partial charge in [0.15, 0.2) is 5.75 Å². The Hall–Kier alpha value is -1.96.